The summed E-state index contributed by atoms with van der Waals surface area (Å²) in [7, 11) is -3.01. The molecule has 0 aromatic carbocycles. The third kappa shape index (κ3) is 3.54. The fourth-order valence-corrected chi connectivity index (χ4v) is 4.01. The van der Waals surface area contributed by atoms with E-state index in [1.807, 2.05) is 19.1 Å². The van der Waals surface area contributed by atoms with Crippen LogP contribution in [0.1, 0.15) is 43.0 Å². The molecule has 5 heteroatoms. The smallest absolute Gasteiger partial charge is 0.150 e. The molecule has 1 aromatic heterocycles. The molecular weight excluding hydrogens is 262 g/mol. The molecule has 1 N–H and O–H groups in total. The van der Waals surface area contributed by atoms with Gasteiger partial charge in [0.15, 0.2) is 0 Å². The molecule has 1 heterocycles. The molecule has 4 nitrogen and oxygen atoms in total. The van der Waals surface area contributed by atoms with Gasteiger partial charge in [-0.1, -0.05) is 6.42 Å². The lowest BCUT2D eigenvalue weighted by Gasteiger charge is -2.31. The SMILES string of the molecule is Cc1ccnc(C(O)C2CCCC(S(C)(=O)=O)C2)c1. The van der Waals surface area contributed by atoms with Crippen molar-refractivity contribution in [3.05, 3.63) is 29.6 Å². The number of sulfone groups is 1. The monoisotopic (exact) mass is 283 g/mol. The summed E-state index contributed by atoms with van der Waals surface area (Å²) < 4.78 is 23.3. The Morgan fingerprint density at radius 3 is 2.79 bits per heavy atom. The van der Waals surface area contributed by atoms with E-state index in [-0.39, 0.29) is 11.2 Å². The lowest BCUT2D eigenvalue weighted by atomic mass is 9.83. The zero-order chi connectivity index (χ0) is 14.0. The summed E-state index contributed by atoms with van der Waals surface area (Å²) in [5.74, 6) is -0.0113. The highest BCUT2D eigenvalue weighted by Gasteiger charge is 2.33. The highest BCUT2D eigenvalue weighted by Crippen LogP contribution is 2.36. The van der Waals surface area contributed by atoms with Crippen LogP contribution in [0.5, 0.6) is 0 Å². The fourth-order valence-electron chi connectivity index (χ4n) is 2.82. The van der Waals surface area contributed by atoms with Crippen LogP contribution < -0.4 is 0 Å². The summed E-state index contributed by atoms with van der Waals surface area (Å²) in [6.07, 6.45) is 5.28. The van der Waals surface area contributed by atoms with E-state index in [0.717, 1.165) is 18.4 Å². The van der Waals surface area contributed by atoms with Crippen LogP contribution in [0.25, 0.3) is 0 Å². The van der Waals surface area contributed by atoms with E-state index in [4.69, 9.17) is 0 Å². The molecule has 0 saturated heterocycles. The van der Waals surface area contributed by atoms with Crippen molar-refractivity contribution in [3.63, 3.8) is 0 Å². The Bertz CT molecular complexity index is 541. The van der Waals surface area contributed by atoms with Gasteiger partial charge in [-0.3, -0.25) is 4.98 Å². The first-order valence-electron chi connectivity index (χ1n) is 6.67. The van der Waals surface area contributed by atoms with E-state index >= 15 is 0 Å². The van der Waals surface area contributed by atoms with E-state index in [1.165, 1.54) is 6.26 Å². The average Bonchev–Trinajstić information content (AvgIpc) is 2.37. The van der Waals surface area contributed by atoms with Gasteiger partial charge < -0.3 is 5.11 Å². The summed E-state index contributed by atoms with van der Waals surface area (Å²) in [5, 5.41) is 10.1. The Hall–Kier alpha value is -0.940. The number of aliphatic hydroxyl groups is 1. The minimum Gasteiger partial charge on any atom is -0.387 e. The van der Waals surface area contributed by atoms with Crippen molar-refractivity contribution < 1.29 is 13.5 Å². The van der Waals surface area contributed by atoms with Crippen molar-refractivity contribution in [1.82, 2.24) is 4.98 Å². The van der Waals surface area contributed by atoms with Gasteiger partial charge in [-0.05, 0) is 49.8 Å². The van der Waals surface area contributed by atoms with Crippen molar-refractivity contribution in [2.24, 2.45) is 5.92 Å². The van der Waals surface area contributed by atoms with Crippen molar-refractivity contribution in [2.45, 2.75) is 44.0 Å². The Morgan fingerprint density at radius 1 is 1.42 bits per heavy atom. The van der Waals surface area contributed by atoms with Crippen LogP contribution in [0.4, 0.5) is 0 Å². The van der Waals surface area contributed by atoms with Crippen LogP contribution in [-0.4, -0.2) is 30.0 Å². The molecule has 0 spiro atoms. The third-order valence-corrected chi connectivity index (χ3v) is 5.60. The van der Waals surface area contributed by atoms with Gasteiger partial charge in [0.2, 0.25) is 0 Å². The molecular formula is C14H21NO3S. The zero-order valence-corrected chi connectivity index (χ0v) is 12.2. The first kappa shape index (κ1) is 14.5. The number of pyridine rings is 1. The Kier molecular flexibility index (Phi) is 4.26. The number of aromatic nitrogens is 1. The molecule has 1 aliphatic carbocycles. The van der Waals surface area contributed by atoms with Gasteiger partial charge in [-0.15, -0.1) is 0 Å². The number of hydrogen-bond acceptors (Lipinski definition) is 4. The van der Waals surface area contributed by atoms with Crippen LogP contribution in [-0.2, 0) is 9.84 Å². The van der Waals surface area contributed by atoms with E-state index in [9.17, 15) is 13.5 Å². The van der Waals surface area contributed by atoms with Gasteiger partial charge in [0.25, 0.3) is 0 Å². The fraction of sp³-hybridized carbons (Fsp3) is 0.643. The summed E-state index contributed by atoms with van der Waals surface area (Å²) >= 11 is 0. The second kappa shape index (κ2) is 5.59. The second-order valence-corrected chi connectivity index (χ2v) is 7.91. The molecule has 3 atom stereocenters. The molecule has 0 amide bonds. The normalized spacial score (nSPS) is 26.1. The number of rotatable bonds is 3. The van der Waals surface area contributed by atoms with Crippen LogP contribution in [0, 0.1) is 12.8 Å². The number of nitrogens with zero attached hydrogens (tertiary/aromatic N) is 1. The first-order chi connectivity index (χ1) is 8.88. The van der Waals surface area contributed by atoms with Crippen LogP contribution in [0.15, 0.2) is 18.3 Å². The number of hydrogen-bond donors (Lipinski definition) is 1. The summed E-state index contributed by atoms with van der Waals surface area (Å²) in [5.41, 5.74) is 1.71. The van der Waals surface area contributed by atoms with Crippen LogP contribution in [0.2, 0.25) is 0 Å². The van der Waals surface area contributed by atoms with Gasteiger partial charge >= 0.3 is 0 Å². The third-order valence-electron chi connectivity index (χ3n) is 3.96. The largest absolute Gasteiger partial charge is 0.387 e. The molecule has 1 fully saturated rings. The maximum Gasteiger partial charge on any atom is 0.150 e. The average molecular weight is 283 g/mol. The predicted molar refractivity (Wildman–Crippen MR) is 74.5 cm³/mol. The molecule has 1 aromatic rings. The van der Waals surface area contributed by atoms with E-state index in [0.29, 0.717) is 18.5 Å². The maximum atomic E-state index is 11.6. The van der Waals surface area contributed by atoms with E-state index < -0.39 is 15.9 Å². The van der Waals surface area contributed by atoms with Crippen molar-refractivity contribution in [2.75, 3.05) is 6.26 Å². The minimum atomic E-state index is -3.01. The second-order valence-electron chi connectivity index (χ2n) is 5.58. The highest BCUT2D eigenvalue weighted by molar-refractivity contribution is 7.91. The van der Waals surface area contributed by atoms with Gasteiger partial charge in [-0.2, -0.15) is 0 Å². The molecule has 2 rings (SSSR count). The zero-order valence-electron chi connectivity index (χ0n) is 11.4. The molecule has 0 aliphatic heterocycles. The Morgan fingerprint density at radius 2 is 2.16 bits per heavy atom. The lowest BCUT2D eigenvalue weighted by molar-refractivity contribution is 0.0819. The molecule has 106 valence electrons. The van der Waals surface area contributed by atoms with Gasteiger partial charge in [0.05, 0.1) is 17.0 Å². The van der Waals surface area contributed by atoms with E-state index in [1.54, 1.807) is 6.20 Å². The summed E-state index contributed by atoms with van der Waals surface area (Å²) in [4.78, 5) is 4.20. The van der Waals surface area contributed by atoms with Gasteiger partial charge in [-0.25, -0.2) is 8.42 Å². The summed E-state index contributed by atoms with van der Waals surface area (Å²) in [6.45, 7) is 1.96. The molecule has 0 bridgehead atoms. The molecule has 0 radical (unpaired) electrons. The number of aryl methyl sites for hydroxylation is 1. The maximum absolute atomic E-state index is 11.6. The molecule has 19 heavy (non-hydrogen) atoms. The number of aliphatic hydroxyl groups excluding tert-OH is 1. The van der Waals surface area contributed by atoms with Crippen LogP contribution in [0.3, 0.4) is 0 Å². The predicted octanol–water partition coefficient (Wildman–Crippen LogP) is 2.03. The van der Waals surface area contributed by atoms with Crippen LogP contribution >= 0.6 is 0 Å². The van der Waals surface area contributed by atoms with E-state index in [2.05, 4.69) is 4.98 Å². The Balaban J connectivity index is 2.13. The Labute approximate surface area is 114 Å². The lowest BCUT2D eigenvalue weighted by Crippen LogP contribution is -2.30. The van der Waals surface area contributed by atoms with Gasteiger partial charge in [0, 0.05) is 12.5 Å². The molecule has 1 aliphatic rings. The first-order valence-corrected chi connectivity index (χ1v) is 8.63. The molecule has 3 unspecified atom stereocenters. The quantitative estimate of drug-likeness (QED) is 0.921. The van der Waals surface area contributed by atoms with Crippen molar-refractivity contribution >= 4 is 9.84 Å². The summed E-state index contributed by atoms with van der Waals surface area (Å²) in [6, 6.07) is 3.76. The minimum absolute atomic E-state index is 0.0113. The van der Waals surface area contributed by atoms with Crippen molar-refractivity contribution in [3.8, 4) is 0 Å². The highest BCUT2D eigenvalue weighted by atomic mass is 32.2. The van der Waals surface area contributed by atoms with Crippen molar-refractivity contribution in [1.29, 1.82) is 0 Å². The topological polar surface area (TPSA) is 67.3 Å². The molecule has 1 saturated carbocycles. The van der Waals surface area contributed by atoms with Gasteiger partial charge in [0.1, 0.15) is 9.84 Å². The standard InChI is InChI=1S/C14H21NO3S/c1-10-6-7-15-13(8-10)14(16)11-4-3-5-12(9-11)19(2,17)18/h6-8,11-12,14,16H,3-5,9H2,1-2H3.